The molecule has 46 heavy (non-hydrogen) atoms. The van der Waals surface area contributed by atoms with Gasteiger partial charge < -0.3 is 19.9 Å². The maximum Gasteiger partial charge on any atom is 0.161 e. The Hall–Kier alpha value is -3.66. The van der Waals surface area contributed by atoms with E-state index < -0.39 is 0 Å². The van der Waals surface area contributed by atoms with Crippen LogP contribution in [0, 0.1) is 36.5 Å². The van der Waals surface area contributed by atoms with Gasteiger partial charge in [-0.2, -0.15) is 0 Å². The Labute approximate surface area is 278 Å². The van der Waals surface area contributed by atoms with Crippen molar-refractivity contribution in [1.29, 1.82) is 0 Å². The van der Waals surface area contributed by atoms with Gasteiger partial charge in [0.1, 0.15) is 5.75 Å². The van der Waals surface area contributed by atoms with Crippen molar-refractivity contribution in [3.8, 4) is 5.75 Å². The first kappa shape index (κ1) is 32.3. The third-order valence-electron chi connectivity index (χ3n) is 10.9. The normalized spacial score (nSPS) is 26.3. The van der Waals surface area contributed by atoms with Crippen LogP contribution in [0.2, 0.25) is 0 Å². The summed E-state index contributed by atoms with van der Waals surface area (Å²) in [5, 5.41) is 3.46. The van der Waals surface area contributed by atoms with Gasteiger partial charge in [-0.15, -0.1) is 0 Å². The van der Waals surface area contributed by atoms with Crippen molar-refractivity contribution in [2.45, 2.75) is 85.7 Å². The van der Waals surface area contributed by atoms with Crippen molar-refractivity contribution in [1.82, 2.24) is 4.90 Å². The maximum atomic E-state index is 5.80. The summed E-state index contributed by atoms with van der Waals surface area (Å²) in [6.07, 6.45) is 17.1. The van der Waals surface area contributed by atoms with Crippen molar-refractivity contribution in [3.63, 3.8) is 0 Å². The SMILES string of the molecule is C1=CC(N2CNc3ccccc3C2)=CCC1.CC.CC1CC2C3CCC(C3)C2C1.Cc1ccc2c(c1)OCN(c1ccccc1)C2. The van der Waals surface area contributed by atoms with Crippen LogP contribution in [0.3, 0.4) is 0 Å². The van der Waals surface area contributed by atoms with E-state index in [0.717, 1.165) is 31.4 Å². The van der Waals surface area contributed by atoms with Gasteiger partial charge in [0.2, 0.25) is 0 Å². The number of ether oxygens (including phenoxy) is 1. The summed E-state index contributed by atoms with van der Waals surface area (Å²) in [6, 6.07) is 25.3. The topological polar surface area (TPSA) is 27.7 Å². The van der Waals surface area contributed by atoms with E-state index in [1.165, 1.54) is 70.3 Å². The van der Waals surface area contributed by atoms with Crippen molar-refractivity contribution < 1.29 is 4.74 Å². The molecule has 4 unspecified atom stereocenters. The number of aryl methyl sites for hydroxylation is 1. The zero-order valence-electron chi connectivity index (χ0n) is 28.6. The van der Waals surface area contributed by atoms with Gasteiger partial charge >= 0.3 is 0 Å². The Morgan fingerprint density at radius 3 is 2.22 bits per heavy atom. The molecule has 2 bridgehead atoms. The van der Waals surface area contributed by atoms with E-state index >= 15 is 0 Å². The lowest BCUT2D eigenvalue weighted by atomic mass is 9.82. The van der Waals surface area contributed by atoms with Gasteiger partial charge in [-0.1, -0.05) is 81.5 Å². The van der Waals surface area contributed by atoms with Gasteiger partial charge in [0, 0.05) is 35.7 Å². The maximum absolute atomic E-state index is 5.80. The highest BCUT2D eigenvalue weighted by molar-refractivity contribution is 5.53. The summed E-state index contributed by atoms with van der Waals surface area (Å²) in [4.78, 5) is 4.62. The summed E-state index contributed by atoms with van der Waals surface area (Å²) in [7, 11) is 0. The van der Waals surface area contributed by atoms with E-state index in [0.29, 0.717) is 6.73 Å². The molecular formula is C42H55N3O. The Morgan fingerprint density at radius 2 is 1.48 bits per heavy atom. The molecular weight excluding hydrogens is 562 g/mol. The number of para-hydroxylation sites is 2. The molecule has 4 heteroatoms. The second kappa shape index (κ2) is 15.3. The molecule has 1 N–H and O–H groups in total. The standard InChI is InChI=1S/C15H15NO.C14H16N2.C11H18.C2H6/c1-12-7-8-13-10-16(11-17-15(13)9-12)14-5-3-2-4-6-14;1-2-7-13(8-3-1)16-10-12-6-4-5-9-14(12)15-11-16;1-7-4-10-8-2-3-9(6-8)11(10)5-7;1-2/h2-9H,10-11H2,1H3;2,4-9,15H,1,3,10-11H2;7-11H,2-6H2,1H3;1-2H3. The zero-order valence-corrected chi connectivity index (χ0v) is 28.6. The molecule has 0 saturated heterocycles. The number of nitrogens with one attached hydrogen (secondary N) is 1. The van der Waals surface area contributed by atoms with Gasteiger partial charge in [-0.05, 0) is 123 Å². The van der Waals surface area contributed by atoms with Crippen LogP contribution in [0.1, 0.15) is 82.4 Å². The number of anilines is 2. The summed E-state index contributed by atoms with van der Waals surface area (Å²) in [5.41, 5.74) is 7.72. The van der Waals surface area contributed by atoms with Crippen molar-refractivity contribution in [3.05, 3.63) is 113 Å². The molecule has 4 atom stereocenters. The molecule has 0 radical (unpaired) electrons. The molecule has 6 aliphatic rings. The molecule has 3 aromatic carbocycles. The highest BCUT2D eigenvalue weighted by atomic mass is 16.5. The summed E-state index contributed by atoms with van der Waals surface area (Å²) >= 11 is 0. The first-order chi connectivity index (χ1) is 22.6. The van der Waals surface area contributed by atoms with Crippen LogP contribution < -0.4 is 15.0 Å². The van der Waals surface area contributed by atoms with Crippen LogP contribution in [0.4, 0.5) is 11.4 Å². The van der Waals surface area contributed by atoms with Crippen molar-refractivity contribution in [2.24, 2.45) is 29.6 Å². The van der Waals surface area contributed by atoms with Gasteiger partial charge in [-0.3, -0.25) is 0 Å². The highest BCUT2D eigenvalue weighted by Crippen LogP contribution is 2.59. The van der Waals surface area contributed by atoms with Crippen LogP contribution in [0.15, 0.2) is 96.7 Å². The average Bonchev–Trinajstić information content (AvgIpc) is 3.84. The predicted octanol–water partition coefficient (Wildman–Crippen LogP) is 10.6. The Balaban J connectivity index is 0.000000120. The predicted molar refractivity (Wildman–Crippen MR) is 194 cm³/mol. The first-order valence-corrected chi connectivity index (χ1v) is 18.1. The first-order valence-electron chi connectivity index (χ1n) is 18.1. The molecule has 0 spiro atoms. The molecule has 9 rings (SSSR count). The molecule has 0 amide bonds. The second-order valence-corrected chi connectivity index (χ2v) is 14.0. The van der Waals surface area contributed by atoms with E-state index in [2.05, 4.69) is 114 Å². The van der Waals surface area contributed by atoms with Crippen LogP contribution >= 0.6 is 0 Å². The Morgan fingerprint density at radius 1 is 0.761 bits per heavy atom. The Bertz CT molecular complexity index is 1460. The van der Waals surface area contributed by atoms with Crippen LogP contribution in [0.25, 0.3) is 0 Å². The lowest BCUT2D eigenvalue weighted by Crippen LogP contribution is -2.32. The third-order valence-corrected chi connectivity index (χ3v) is 10.9. The van der Waals surface area contributed by atoms with E-state index in [-0.39, 0.29) is 0 Å². The molecule has 2 aliphatic heterocycles. The summed E-state index contributed by atoms with van der Waals surface area (Å²) < 4.78 is 5.80. The van der Waals surface area contributed by atoms with E-state index in [9.17, 15) is 0 Å². The average molecular weight is 618 g/mol. The molecule has 4 aliphatic carbocycles. The number of hydrogen-bond donors (Lipinski definition) is 1. The van der Waals surface area contributed by atoms with E-state index in [1.54, 1.807) is 32.1 Å². The minimum atomic E-state index is 0.625. The molecule has 3 saturated carbocycles. The second-order valence-electron chi connectivity index (χ2n) is 14.0. The molecule has 3 fully saturated rings. The zero-order chi connectivity index (χ0) is 31.9. The van der Waals surface area contributed by atoms with Gasteiger partial charge in [0.05, 0.1) is 6.67 Å². The smallest absolute Gasteiger partial charge is 0.161 e. The van der Waals surface area contributed by atoms with E-state index in [1.807, 2.05) is 19.9 Å². The number of rotatable bonds is 2. The van der Waals surface area contributed by atoms with Crippen molar-refractivity contribution >= 4 is 11.4 Å². The van der Waals surface area contributed by atoms with Crippen molar-refractivity contribution in [2.75, 3.05) is 23.6 Å². The lowest BCUT2D eigenvalue weighted by Gasteiger charge is -2.33. The van der Waals surface area contributed by atoms with Gasteiger partial charge in [0.15, 0.2) is 6.73 Å². The minimum Gasteiger partial charge on any atom is -0.473 e. The fraction of sp³-hybridized carbons (Fsp3) is 0.476. The fourth-order valence-corrected chi connectivity index (χ4v) is 8.71. The summed E-state index contributed by atoms with van der Waals surface area (Å²) in [6.45, 7) is 12.0. The molecule has 2 heterocycles. The quantitative estimate of drug-likeness (QED) is 0.310. The minimum absolute atomic E-state index is 0.625. The summed E-state index contributed by atoms with van der Waals surface area (Å²) in [5.74, 6) is 6.81. The van der Waals surface area contributed by atoms with Crippen LogP contribution in [0.5, 0.6) is 5.75 Å². The molecule has 4 nitrogen and oxygen atoms in total. The molecule has 244 valence electrons. The fourth-order valence-electron chi connectivity index (χ4n) is 8.71. The monoisotopic (exact) mass is 617 g/mol. The van der Waals surface area contributed by atoms with Gasteiger partial charge in [-0.25, -0.2) is 0 Å². The number of fused-ring (bicyclic) bond motifs is 7. The van der Waals surface area contributed by atoms with E-state index in [4.69, 9.17) is 4.74 Å². The number of nitrogens with zero attached hydrogens (tertiary/aromatic N) is 2. The lowest BCUT2D eigenvalue weighted by molar-refractivity contribution is 0.259. The van der Waals surface area contributed by atoms with Crippen LogP contribution in [-0.2, 0) is 13.1 Å². The molecule has 3 aromatic rings. The van der Waals surface area contributed by atoms with Crippen LogP contribution in [-0.4, -0.2) is 18.3 Å². The number of allylic oxidation sites excluding steroid dienone is 3. The number of benzene rings is 3. The molecule has 0 aromatic heterocycles. The highest BCUT2D eigenvalue weighted by Gasteiger charge is 2.50. The largest absolute Gasteiger partial charge is 0.473 e. The third kappa shape index (κ3) is 7.48. The van der Waals surface area contributed by atoms with Gasteiger partial charge in [0.25, 0.3) is 0 Å². The Kier molecular flexibility index (Phi) is 10.7. The number of hydrogen-bond acceptors (Lipinski definition) is 4.